The van der Waals surface area contributed by atoms with Crippen LogP contribution in [0.25, 0.3) is 0 Å². The third-order valence-electron chi connectivity index (χ3n) is 2.75. The van der Waals surface area contributed by atoms with E-state index in [1.165, 1.54) is 25.8 Å². The first-order valence-corrected chi connectivity index (χ1v) is 5.02. The Balaban J connectivity index is 1.80. The van der Waals surface area contributed by atoms with Gasteiger partial charge in [0.15, 0.2) is 0 Å². The van der Waals surface area contributed by atoms with Crippen LogP contribution in [0.15, 0.2) is 0 Å². The average Bonchev–Trinajstić information content (AvgIpc) is 2.21. The molecule has 2 atom stereocenters. The number of morpholine rings is 1. The Hall–Kier alpha value is -0.120. The van der Waals surface area contributed by atoms with Crippen LogP contribution in [0.5, 0.6) is 0 Å². The molecule has 2 N–H and O–H groups in total. The molecule has 70 valence electrons. The Bertz CT molecular complexity index is 112. The van der Waals surface area contributed by atoms with Crippen molar-refractivity contribution in [2.75, 3.05) is 26.2 Å². The lowest BCUT2D eigenvalue weighted by molar-refractivity contribution is -0.00130. The minimum absolute atomic E-state index is 0.416. The van der Waals surface area contributed by atoms with E-state index < -0.39 is 0 Å². The second-order valence-corrected chi connectivity index (χ2v) is 3.67. The van der Waals surface area contributed by atoms with Crippen molar-refractivity contribution in [3.63, 3.8) is 0 Å². The van der Waals surface area contributed by atoms with Crippen molar-refractivity contribution in [1.29, 1.82) is 0 Å². The number of hydrogen-bond acceptors (Lipinski definition) is 3. The van der Waals surface area contributed by atoms with Crippen molar-refractivity contribution in [3.05, 3.63) is 0 Å². The maximum atomic E-state index is 5.69. The van der Waals surface area contributed by atoms with Crippen molar-refractivity contribution >= 4 is 0 Å². The second kappa shape index (κ2) is 4.21. The van der Waals surface area contributed by atoms with E-state index in [0.29, 0.717) is 12.1 Å². The van der Waals surface area contributed by atoms with Crippen molar-refractivity contribution in [1.82, 2.24) is 10.6 Å². The first kappa shape index (κ1) is 8.48. The predicted octanol–water partition coefficient (Wildman–Crippen LogP) is 0.117. The lowest BCUT2D eigenvalue weighted by Crippen LogP contribution is -2.52. The van der Waals surface area contributed by atoms with Gasteiger partial charge in [-0.3, -0.25) is 0 Å². The minimum atomic E-state index is 0.416. The lowest BCUT2D eigenvalue weighted by Gasteiger charge is -2.34. The van der Waals surface area contributed by atoms with Crippen molar-refractivity contribution < 1.29 is 4.74 Å². The average molecular weight is 170 g/mol. The fourth-order valence-corrected chi connectivity index (χ4v) is 2.04. The van der Waals surface area contributed by atoms with Crippen LogP contribution in [0.1, 0.15) is 19.3 Å². The van der Waals surface area contributed by atoms with Crippen LogP contribution in [-0.4, -0.2) is 38.4 Å². The molecule has 0 aromatic rings. The molecule has 2 unspecified atom stereocenters. The van der Waals surface area contributed by atoms with Crippen LogP contribution in [0.4, 0.5) is 0 Å². The van der Waals surface area contributed by atoms with Gasteiger partial charge >= 0.3 is 0 Å². The molecular weight excluding hydrogens is 152 g/mol. The van der Waals surface area contributed by atoms with E-state index in [1.54, 1.807) is 0 Å². The van der Waals surface area contributed by atoms with E-state index in [1.807, 2.05) is 0 Å². The molecule has 0 bridgehead atoms. The molecule has 2 fully saturated rings. The zero-order chi connectivity index (χ0) is 8.23. The van der Waals surface area contributed by atoms with Crippen LogP contribution >= 0.6 is 0 Å². The molecule has 2 aliphatic rings. The number of piperidine rings is 1. The third kappa shape index (κ3) is 1.97. The van der Waals surface area contributed by atoms with Gasteiger partial charge in [0.2, 0.25) is 0 Å². The molecule has 0 aromatic heterocycles. The van der Waals surface area contributed by atoms with Gasteiger partial charge in [-0.1, -0.05) is 6.42 Å². The minimum Gasteiger partial charge on any atom is -0.374 e. The number of hydrogen-bond donors (Lipinski definition) is 2. The maximum Gasteiger partial charge on any atom is 0.0852 e. The smallest absolute Gasteiger partial charge is 0.0852 e. The summed E-state index contributed by atoms with van der Waals surface area (Å²) in [5.74, 6) is 0. The molecule has 0 radical (unpaired) electrons. The first-order valence-electron chi connectivity index (χ1n) is 5.02. The first-order chi connectivity index (χ1) is 5.97. The highest BCUT2D eigenvalue weighted by molar-refractivity contribution is 4.83. The van der Waals surface area contributed by atoms with Gasteiger partial charge in [-0.05, 0) is 19.4 Å². The van der Waals surface area contributed by atoms with Gasteiger partial charge in [-0.2, -0.15) is 0 Å². The molecule has 0 saturated carbocycles. The molecule has 2 heterocycles. The van der Waals surface area contributed by atoms with Gasteiger partial charge in [0.05, 0.1) is 12.7 Å². The summed E-state index contributed by atoms with van der Waals surface area (Å²) in [7, 11) is 0. The Morgan fingerprint density at radius 2 is 2.17 bits per heavy atom. The molecule has 0 amide bonds. The summed E-state index contributed by atoms with van der Waals surface area (Å²) in [4.78, 5) is 0. The van der Waals surface area contributed by atoms with Crippen molar-refractivity contribution in [2.45, 2.75) is 31.4 Å². The monoisotopic (exact) mass is 170 g/mol. The molecular formula is C9H18N2O. The summed E-state index contributed by atoms with van der Waals surface area (Å²) in [6, 6.07) is 0.603. The number of nitrogens with one attached hydrogen (secondary N) is 2. The zero-order valence-corrected chi connectivity index (χ0v) is 7.51. The summed E-state index contributed by atoms with van der Waals surface area (Å²) in [5, 5.41) is 6.89. The van der Waals surface area contributed by atoms with E-state index >= 15 is 0 Å². The van der Waals surface area contributed by atoms with E-state index in [-0.39, 0.29) is 0 Å². The topological polar surface area (TPSA) is 33.3 Å². The Kier molecular flexibility index (Phi) is 2.98. The maximum absolute atomic E-state index is 5.69. The number of ether oxygens (including phenoxy) is 1. The predicted molar refractivity (Wildman–Crippen MR) is 48.3 cm³/mol. The summed E-state index contributed by atoms with van der Waals surface area (Å²) < 4.78 is 5.69. The SMILES string of the molecule is C1CCC(C2CNCCO2)NC1. The summed E-state index contributed by atoms with van der Waals surface area (Å²) in [6.45, 7) is 4.09. The van der Waals surface area contributed by atoms with Crippen LogP contribution in [-0.2, 0) is 4.74 Å². The van der Waals surface area contributed by atoms with E-state index in [2.05, 4.69) is 10.6 Å². The number of rotatable bonds is 1. The molecule has 2 rings (SSSR count). The quantitative estimate of drug-likeness (QED) is 0.586. The molecule has 0 aliphatic carbocycles. The van der Waals surface area contributed by atoms with Crippen molar-refractivity contribution in [2.24, 2.45) is 0 Å². The van der Waals surface area contributed by atoms with Gasteiger partial charge in [-0.25, -0.2) is 0 Å². The molecule has 3 nitrogen and oxygen atoms in total. The Morgan fingerprint density at radius 3 is 2.83 bits per heavy atom. The van der Waals surface area contributed by atoms with E-state index in [9.17, 15) is 0 Å². The molecule has 12 heavy (non-hydrogen) atoms. The highest BCUT2D eigenvalue weighted by Gasteiger charge is 2.25. The third-order valence-corrected chi connectivity index (χ3v) is 2.75. The lowest BCUT2D eigenvalue weighted by atomic mass is 9.99. The summed E-state index contributed by atoms with van der Waals surface area (Å²) in [6.07, 6.45) is 4.39. The van der Waals surface area contributed by atoms with Gasteiger partial charge in [0.1, 0.15) is 0 Å². The van der Waals surface area contributed by atoms with Crippen LogP contribution < -0.4 is 10.6 Å². The normalized spacial score (nSPS) is 38.0. The standard InChI is InChI=1S/C9H18N2O/c1-2-4-11-8(3-1)9-7-10-5-6-12-9/h8-11H,1-7H2. The zero-order valence-electron chi connectivity index (χ0n) is 7.51. The van der Waals surface area contributed by atoms with Crippen LogP contribution in [0, 0.1) is 0 Å². The molecule has 2 saturated heterocycles. The van der Waals surface area contributed by atoms with Crippen LogP contribution in [0.3, 0.4) is 0 Å². The van der Waals surface area contributed by atoms with Gasteiger partial charge in [0, 0.05) is 19.1 Å². The van der Waals surface area contributed by atoms with Gasteiger partial charge in [0.25, 0.3) is 0 Å². The molecule has 0 aromatic carbocycles. The molecule has 0 spiro atoms. The van der Waals surface area contributed by atoms with E-state index in [4.69, 9.17) is 4.74 Å². The second-order valence-electron chi connectivity index (χ2n) is 3.67. The Labute approximate surface area is 73.9 Å². The van der Waals surface area contributed by atoms with Gasteiger partial charge < -0.3 is 15.4 Å². The highest BCUT2D eigenvalue weighted by atomic mass is 16.5. The van der Waals surface area contributed by atoms with Crippen LogP contribution in [0.2, 0.25) is 0 Å². The highest BCUT2D eigenvalue weighted by Crippen LogP contribution is 2.13. The summed E-state index contributed by atoms with van der Waals surface area (Å²) in [5.41, 5.74) is 0. The van der Waals surface area contributed by atoms with E-state index in [0.717, 1.165) is 19.7 Å². The fourth-order valence-electron chi connectivity index (χ4n) is 2.04. The van der Waals surface area contributed by atoms with Gasteiger partial charge in [-0.15, -0.1) is 0 Å². The fraction of sp³-hybridized carbons (Fsp3) is 1.00. The molecule has 2 aliphatic heterocycles. The molecule has 3 heteroatoms. The summed E-state index contributed by atoms with van der Waals surface area (Å²) >= 11 is 0. The largest absolute Gasteiger partial charge is 0.374 e. The Morgan fingerprint density at radius 1 is 1.17 bits per heavy atom. The van der Waals surface area contributed by atoms with Crippen molar-refractivity contribution in [3.8, 4) is 0 Å².